The van der Waals surface area contributed by atoms with Crippen molar-refractivity contribution in [2.75, 3.05) is 0 Å². The van der Waals surface area contributed by atoms with Gasteiger partial charge >= 0.3 is 0 Å². The summed E-state index contributed by atoms with van der Waals surface area (Å²) in [4.78, 5) is 0. The van der Waals surface area contributed by atoms with Crippen molar-refractivity contribution in [3.63, 3.8) is 0 Å². The fraction of sp³-hybridized carbons (Fsp3) is 0.500. The maximum absolute atomic E-state index is 5.70. The molecule has 0 spiro atoms. The van der Waals surface area contributed by atoms with Crippen molar-refractivity contribution in [1.29, 1.82) is 0 Å². The number of aromatic nitrogens is 2. The molecule has 0 saturated heterocycles. The zero-order valence-electron chi connectivity index (χ0n) is 6.21. The molecule has 3 nitrogen and oxygen atoms in total. The van der Waals surface area contributed by atoms with E-state index in [1.54, 1.807) is 0 Å². The lowest BCUT2D eigenvalue weighted by molar-refractivity contribution is 0.232. The van der Waals surface area contributed by atoms with Crippen LogP contribution in [0.2, 0.25) is 5.02 Å². The fourth-order valence-corrected chi connectivity index (χ4v) is 1.01. The highest BCUT2D eigenvalue weighted by Crippen LogP contribution is 2.22. The molecule has 0 aromatic carbocycles. The van der Waals surface area contributed by atoms with Gasteiger partial charge in [0.05, 0.1) is 12.3 Å². The second kappa shape index (κ2) is 3.32. The van der Waals surface area contributed by atoms with Crippen LogP contribution in [0, 0.1) is 0 Å². The molecule has 1 aromatic heterocycles. The minimum atomic E-state index is 0.0547. The van der Waals surface area contributed by atoms with Gasteiger partial charge in [-0.3, -0.25) is 0 Å². The normalized spacial score (nSPS) is 10.6. The first-order valence-corrected chi connectivity index (χ1v) is 3.89. The van der Waals surface area contributed by atoms with Crippen LogP contribution in [-0.2, 0) is 0 Å². The van der Waals surface area contributed by atoms with Gasteiger partial charge in [0, 0.05) is 11.8 Å². The number of rotatable bonds is 2. The molecule has 0 aliphatic carbocycles. The van der Waals surface area contributed by atoms with E-state index in [2.05, 4.69) is 5.10 Å². The molecule has 0 atom stereocenters. The van der Waals surface area contributed by atoms with Gasteiger partial charge in [0.25, 0.3) is 5.88 Å². The summed E-state index contributed by atoms with van der Waals surface area (Å²) in [6.07, 6.45) is 1.53. The van der Waals surface area contributed by atoms with E-state index in [1.165, 1.54) is 6.20 Å². The Hall–Kier alpha value is -0.410. The zero-order valence-corrected chi connectivity index (χ0v) is 7.73. The predicted octanol–water partition coefficient (Wildman–Crippen LogP) is 2.33. The number of nitrogens with zero attached hydrogens (tertiary/aromatic N) is 2. The van der Waals surface area contributed by atoms with E-state index in [-0.39, 0.29) is 6.10 Å². The summed E-state index contributed by atoms with van der Waals surface area (Å²) in [6, 6.07) is 0. The Morgan fingerprint density at radius 1 is 1.64 bits per heavy atom. The maximum Gasteiger partial charge on any atom is 0.253 e. The molecule has 0 amide bonds. The molecule has 0 N–H and O–H groups in total. The van der Waals surface area contributed by atoms with Gasteiger partial charge < -0.3 is 4.74 Å². The fourth-order valence-electron chi connectivity index (χ4n) is 0.615. The summed E-state index contributed by atoms with van der Waals surface area (Å²) in [5.41, 5.74) is 0. The molecule has 1 rings (SSSR count). The van der Waals surface area contributed by atoms with Crippen molar-refractivity contribution in [2.45, 2.75) is 20.0 Å². The van der Waals surface area contributed by atoms with Crippen molar-refractivity contribution in [3.05, 3.63) is 11.2 Å². The molecule has 0 fully saturated rings. The molecule has 0 saturated carbocycles. The summed E-state index contributed by atoms with van der Waals surface area (Å²) in [5.74, 6) is 0.372. The van der Waals surface area contributed by atoms with Crippen LogP contribution in [0.4, 0.5) is 0 Å². The molecule has 11 heavy (non-hydrogen) atoms. The number of hydrogen-bond acceptors (Lipinski definition) is 2. The van der Waals surface area contributed by atoms with Crippen LogP contribution in [0.25, 0.3) is 0 Å². The maximum atomic E-state index is 5.70. The third kappa shape index (κ3) is 2.27. The quantitative estimate of drug-likeness (QED) is 0.723. The van der Waals surface area contributed by atoms with Crippen LogP contribution in [0.5, 0.6) is 5.88 Å². The molecule has 5 heteroatoms. The second-order valence-electron chi connectivity index (χ2n) is 2.34. The van der Waals surface area contributed by atoms with Gasteiger partial charge in [0.15, 0.2) is 0 Å². The van der Waals surface area contributed by atoms with E-state index in [0.29, 0.717) is 10.9 Å². The molecule has 1 heterocycles. The van der Waals surface area contributed by atoms with E-state index >= 15 is 0 Å². The molecule has 0 aliphatic heterocycles. The van der Waals surface area contributed by atoms with Gasteiger partial charge in [0.2, 0.25) is 0 Å². The van der Waals surface area contributed by atoms with E-state index < -0.39 is 0 Å². The second-order valence-corrected chi connectivity index (χ2v) is 3.09. The van der Waals surface area contributed by atoms with Crippen molar-refractivity contribution in [2.24, 2.45) is 0 Å². The van der Waals surface area contributed by atoms with Gasteiger partial charge in [-0.05, 0) is 13.8 Å². The predicted molar refractivity (Wildman–Crippen MR) is 44.3 cm³/mol. The lowest BCUT2D eigenvalue weighted by atomic mass is 10.5. The summed E-state index contributed by atoms with van der Waals surface area (Å²) in [7, 11) is 0. The van der Waals surface area contributed by atoms with Gasteiger partial charge in [-0.2, -0.15) is 4.20 Å². The minimum Gasteiger partial charge on any atom is -0.473 e. The van der Waals surface area contributed by atoms with Crippen molar-refractivity contribution >= 4 is 23.4 Å². The van der Waals surface area contributed by atoms with Crippen LogP contribution in [0.15, 0.2) is 6.20 Å². The van der Waals surface area contributed by atoms with Crippen molar-refractivity contribution in [3.8, 4) is 5.88 Å². The first kappa shape index (κ1) is 8.68. The topological polar surface area (TPSA) is 27.1 Å². The Labute approximate surface area is 75.0 Å². The van der Waals surface area contributed by atoms with Crippen LogP contribution < -0.4 is 4.74 Å². The highest BCUT2D eigenvalue weighted by Gasteiger charge is 2.08. The summed E-state index contributed by atoms with van der Waals surface area (Å²) < 4.78 is 6.31. The molecule has 0 unspecified atom stereocenters. The Balaban J connectivity index is 2.77. The third-order valence-electron chi connectivity index (χ3n) is 0.958. The monoisotopic (exact) mass is 194 g/mol. The molecule has 62 valence electrons. The average molecular weight is 195 g/mol. The highest BCUT2D eigenvalue weighted by atomic mass is 35.5. The average Bonchev–Trinajstić information content (AvgIpc) is 2.09. The van der Waals surface area contributed by atoms with E-state index in [0.717, 1.165) is 4.20 Å². The first-order chi connectivity index (χ1) is 5.09. The van der Waals surface area contributed by atoms with Gasteiger partial charge in [-0.1, -0.05) is 11.6 Å². The summed E-state index contributed by atoms with van der Waals surface area (Å²) in [6.45, 7) is 3.78. The number of hydrogen-bond donors (Lipinski definition) is 0. The molecule has 0 radical (unpaired) electrons. The van der Waals surface area contributed by atoms with Crippen molar-refractivity contribution in [1.82, 2.24) is 9.30 Å². The largest absolute Gasteiger partial charge is 0.473 e. The Morgan fingerprint density at radius 3 is 2.64 bits per heavy atom. The third-order valence-corrected chi connectivity index (χ3v) is 1.39. The molecule has 0 aliphatic rings. The lowest BCUT2D eigenvalue weighted by Crippen LogP contribution is -2.06. The molecule has 0 bridgehead atoms. The Kier molecular flexibility index (Phi) is 2.62. The molecular weight excluding hydrogens is 187 g/mol. The first-order valence-electron chi connectivity index (χ1n) is 3.17. The highest BCUT2D eigenvalue weighted by molar-refractivity contribution is 6.32. The number of ether oxygens (including phenoxy) is 1. The Bertz CT molecular complexity index is 247. The minimum absolute atomic E-state index is 0.0547. The van der Waals surface area contributed by atoms with Crippen molar-refractivity contribution < 1.29 is 4.74 Å². The van der Waals surface area contributed by atoms with Gasteiger partial charge in [0.1, 0.15) is 5.02 Å². The van der Waals surface area contributed by atoms with E-state index in [9.17, 15) is 0 Å². The van der Waals surface area contributed by atoms with Crippen LogP contribution in [-0.4, -0.2) is 15.4 Å². The number of halogens is 2. The summed E-state index contributed by atoms with van der Waals surface area (Å²) >= 11 is 11.2. The van der Waals surface area contributed by atoms with E-state index in [1.807, 2.05) is 13.8 Å². The van der Waals surface area contributed by atoms with Crippen LogP contribution in [0.3, 0.4) is 0 Å². The van der Waals surface area contributed by atoms with Gasteiger partial charge in [-0.15, -0.1) is 5.10 Å². The lowest BCUT2D eigenvalue weighted by Gasteiger charge is -2.04. The van der Waals surface area contributed by atoms with Gasteiger partial charge in [-0.25, -0.2) is 0 Å². The van der Waals surface area contributed by atoms with E-state index in [4.69, 9.17) is 28.1 Å². The SMILES string of the molecule is CC(C)Oc1nn(Cl)cc1Cl. The van der Waals surface area contributed by atoms with Crippen LogP contribution in [0.1, 0.15) is 13.8 Å². The Morgan fingerprint density at radius 2 is 2.27 bits per heavy atom. The summed E-state index contributed by atoms with van der Waals surface area (Å²) in [5, 5.41) is 4.20. The molecule has 1 aromatic rings. The molecular formula is C6H8Cl2N2O. The van der Waals surface area contributed by atoms with Crippen LogP contribution >= 0.6 is 23.4 Å². The zero-order chi connectivity index (χ0) is 8.43. The smallest absolute Gasteiger partial charge is 0.253 e. The standard InChI is InChI=1S/C6H8Cl2N2O/c1-4(2)11-6-5(7)3-10(8)9-6/h3-4H,1-2H3.